The van der Waals surface area contributed by atoms with Gasteiger partial charge in [-0.25, -0.2) is 5.10 Å². The lowest BCUT2D eigenvalue weighted by molar-refractivity contribution is -0.191. The maximum Gasteiger partial charge on any atom is 0.413 e. The third-order valence-electron chi connectivity index (χ3n) is 8.03. The molecule has 40 heavy (non-hydrogen) atoms. The van der Waals surface area contributed by atoms with E-state index in [1.54, 1.807) is 24.5 Å². The summed E-state index contributed by atoms with van der Waals surface area (Å²) in [5.74, 6) is 0.150. The number of hydrogen-bond donors (Lipinski definition) is 2. The second-order valence-electron chi connectivity index (χ2n) is 10.7. The number of fused-ring (bicyclic) bond motifs is 1. The molecule has 0 bridgehead atoms. The third kappa shape index (κ3) is 5.22. The van der Waals surface area contributed by atoms with E-state index in [0.29, 0.717) is 43.1 Å². The van der Waals surface area contributed by atoms with E-state index in [9.17, 15) is 18.0 Å². The van der Waals surface area contributed by atoms with Crippen molar-refractivity contribution in [1.82, 2.24) is 35.5 Å². The van der Waals surface area contributed by atoms with Crippen LogP contribution >= 0.6 is 0 Å². The van der Waals surface area contributed by atoms with Gasteiger partial charge in [-0.3, -0.25) is 14.8 Å². The summed E-state index contributed by atoms with van der Waals surface area (Å²) in [5, 5.41) is 17.2. The Kier molecular flexibility index (Phi) is 6.85. The summed E-state index contributed by atoms with van der Waals surface area (Å²) in [6.45, 7) is 0. The van der Waals surface area contributed by atoms with Crippen molar-refractivity contribution >= 4 is 28.3 Å². The van der Waals surface area contributed by atoms with Crippen molar-refractivity contribution in [3.05, 3.63) is 65.7 Å². The molecule has 4 aromatic rings. The number of carbonyl (C=O) groups excluding carboxylic acids is 1. The molecule has 2 fully saturated rings. The average molecular weight is 551 g/mol. The number of carbonyl (C=O) groups is 1. The van der Waals surface area contributed by atoms with Gasteiger partial charge < -0.3 is 10.2 Å². The Morgan fingerprint density at radius 2 is 1.75 bits per heavy atom. The van der Waals surface area contributed by atoms with Gasteiger partial charge in [0, 0.05) is 36.3 Å². The number of H-pyrrole nitrogens is 1. The highest BCUT2D eigenvalue weighted by atomic mass is 19.4. The lowest BCUT2D eigenvalue weighted by Gasteiger charge is -2.35. The molecule has 0 aliphatic heterocycles. The minimum absolute atomic E-state index is 0.0102. The molecule has 3 aromatic heterocycles. The molecule has 0 saturated heterocycles. The summed E-state index contributed by atoms with van der Waals surface area (Å²) < 4.78 is 43.0. The molecule has 9 nitrogen and oxygen atoms in total. The predicted molar refractivity (Wildman–Crippen MR) is 142 cm³/mol. The Morgan fingerprint density at radius 1 is 1.02 bits per heavy atom. The fourth-order valence-electron chi connectivity index (χ4n) is 5.83. The summed E-state index contributed by atoms with van der Waals surface area (Å²) >= 11 is 0. The van der Waals surface area contributed by atoms with Gasteiger partial charge in [-0.2, -0.15) is 13.2 Å². The number of aromatic nitrogens is 6. The Labute approximate surface area is 228 Å². The molecular formula is C28H29F3N8O. The van der Waals surface area contributed by atoms with Crippen molar-refractivity contribution < 1.29 is 18.0 Å². The number of hydrogen-bond acceptors (Lipinski definition) is 7. The number of anilines is 2. The Hall–Kier alpha value is -4.09. The van der Waals surface area contributed by atoms with Crippen LogP contribution in [0.4, 0.5) is 24.5 Å². The number of alkyl halides is 3. The van der Waals surface area contributed by atoms with Crippen LogP contribution in [-0.2, 0) is 4.79 Å². The second kappa shape index (κ2) is 10.5. The molecule has 0 spiro atoms. The molecule has 12 heteroatoms. The Balaban J connectivity index is 1.18. The summed E-state index contributed by atoms with van der Waals surface area (Å²) in [4.78, 5) is 23.1. The first-order chi connectivity index (χ1) is 19.3. The normalized spacial score (nSPS) is 20.3. The number of tetrazole rings is 1. The van der Waals surface area contributed by atoms with Gasteiger partial charge in [0.2, 0.25) is 5.91 Å². The van der Waals surface area contributed by atoms with Gasteiger partial charge in [-0.05, 0) is 84.7 Å². The molecule has 0 radical (unpaired) electrons. The lowest BCUT2D eigenvalue weighted by atomic mass is 9.81. The van der Waals surface area contributed by atoms with E-state index in [0.717, 1.165) is 40.0 Å². The third-order valence-corrected chi connectivity index (χ3v) is 8.03. The van der Waals surface area contributed by atoms with E-state index in [1.807, 2.05) is 12.1 Å². The van der Waals surface area contributed by atoms with Gasteiger partial charge in [-0.1, -0.05) is 12.1 Å². The highest BCUT2D eigenvalue weighted by molar-refractivity contribution is 5.85. The van der Waals surface area contributed by atoms with Crippen molar-refractivity contribution in [2.45, 2.75) is 62.6 Å². The number of pyridine rings is 2. The van der Waals surface area contributed by atoms with E-state index in [4.69, 9.17) is 0 Å². The number of benzene rings is 1. The molecule has 0 unspecified atom stereocenters. The zero-order valence-electron chi connectivity index (χ0n) is 21.9. The van der Waals surface area contributed by atoms with Gasteiger partial charge in [0.05, 0.1) is 22.9 Å². The number of rotatable bonds is 7. The van der Waals surface area contributed by atoms with Crippen molar-refractivity contribution in [2.75, 3.05) is 12.4 Å². The minimum Gasteiger partial charge on any atom is -0.354 e. The monoisotopic (exact) mass is 550 g/mol. The van der Waals surface area contributed by atoms with Gasteiger partial charge in [-0.15, -0.1) is 5.10 Å². The first-order valence-corrected chi connectivity index (χ1v) is 13.5. The van der Waals surface area contributed by atoms with E-state index in [2.05, 4.69) is 35.9 Å². The van der Waals surface area contributed by atoms with Crippen molar-refractivity contribution in [2.24, 2.45) is 5.92 Å². The van der Waals surface area contributed by atoms with Crippen LogP contribution in [-0.4, -0.2) is 54.6 Å². The molecule has 6 rings (SSSR count). The molecule has 2 N–H and O–H groups in total. The molecule has 3 heterocycles. The molecule has 2 aliphatic carbocycles. The van der Waals surface area contributed by atoms with Gasteiger partial charge in [0.15, 0.2) is 11.9 Å². The van der Waals surface area contributed by atoms with Crippen LogP contribution in [0.1, 0.15) is 73.4 Å². The SMILES string of the molecule is CN(C(=O)C1CCC(c2nnn[nH]2)CC1)[C@@H](c1ccc(Nc2cnc3cccnc3c2C2CC2)cc1)C(F)(F)F. The number of nitrogens with zero attached hydrogens (tertiary/aromatic N) is 6. The highest BCUT2D eigenvalue weighted by Gasteiger charge is 2.46. The van der Waals surface area contributed by atoms with Crippen LogP contribution in [0, 0.1) is 5.92 Å². The van der Waals surface area contributed by atoms with Crippen molar-refractivity contribution in [3.8, 4) is 0 Å². The predicted octanol–water partition coefficient (Wildman–Crippen LogP) is 5.80. The first-order valence-electron chi connectivity index (χ1n) is 13.5. The Bertz CT molecular complexity index is 1480. The van der Waals surface area contributed by atoms with E-state index in [1.165, 1.54) is 19.2 Å². The molecule has 1 atom stereocenters. The minimum atomic E-state index is -4.63. The van der Waals surface area contributed by atoms with Crippen LogP contribution in [0.15, 0.2) is 48.8 Å². The summed E-state index contributed by atoms with van der Waals surface area (Å²) in [5.41, 5.74) is 4.19. The summed E-state index contributed by atoms with van der Waals surface area (Å²) in [6.07, 6.45) is 3.24. The number of halogens is 3. The number of nitrogens with one attached hydrogen (secondary N) is 2. The zero-order valence-corrected chi connectivity index (χ0v) is 21.9. The molecule has 1 amide bonds. The lowest BCUT2D eigenvalue weighted by Crippen LogP contribution is -2.43. The number of amides is 1. The maximum absolute atomic E-state index is 14.3. The van der Waals surface area contributed by atoms with Crippen LogP contribution in [0.5, 0.6) is 0 Å². The maximum atomic E-state index is 14.3. The summed E-state index contributed by atoms with van der Waals surface area (Å²) in [6, 6.07) is 7.81. The van der Waals surface area contributed by atoms with Gasteiger partial charge >= 0.3 is 6.18 Å². The number of aromatic amines is 1. The van der Waals surface area contributed by atoms with E-state index in [-0.39, 0.29) is 11.5 Å². The first kappa shape index (κ1) is 26.1. The summed E-state index contributed by atoms with van der Waals surface area (Å²) in [7, 11) is 1.24. The molecule has 2 saturated carbocycles. The van der Waals surface area contributed by atoms with Crippen LogP contribution in [0.3, 0.4) is 0 Å². The van der Waals surface area contributed by atoms with E-state index >= 15 is 0 Å². The smallest absolute Gasteiger partial charge is 0.354 e. The van der Waals surface area contributed by atoms with Crippen molar-refractivity contribution in [3.63, 3.8) is 0 Å². The fourth-order valence-corrected chi connectivity index (χ4v) is 5.83. The van der Waals surface area contributed by atoms with Gasteiger partial charge in [0.25, 0.3) is 0 Å². The van der Waals surface area contributed by atoms with Crippen LogP contribution in [0.25, 0.3) is 11.0 Å². The standard InChI is InChI=1S/C28H29F3N8O/c1-39(27(40)19-8-6-18(7-9-19)26-35-37-38-36-26)25(28(29,30)31)17-10-12-20(13-11-17)34-22-15-33-21-3-2-14-32-24(21)23(22)16-4-5-16/h2-3,10-16,18-19,25,34H,4-9H2,1H3,(H,35,36,37,38)/t18?,19?,25-/m0/s1. The van der Waals surface area contributed by atoms with Crippen molar-refractivity contribution in [1.29, 1.82) is 0 Å². The zero-order chi connectivity index (χ0) is 27.9. The topological polar surface area (TPSA) is 113 Å². The van der Waals surface area contributed by atoms with E-state index < -0.39 is 24.0 Å². The molecule has 1 aromatic carbocycles. The van der Waals surface area contributed by atoms with Crippen LogP contribution in [0.2, 0.25) is 0 Å². The Morgan fingerprint density at radius 3 is 2.40 bits per heavy atom. The van der Waals surface area contributed by atoms with Crippen LogP contribution < -0.4 is 5.32 Å². The highest BCUT2D eigenvalue weighted by Crippen LogP contribution is 2.46. The molecule has 208 valence electrons. The molecule has 2 aliphatic rings. The largest absolute Gasteiger partial charge is 0.413 e. The fraction of sp³-hybridized carbons (Fsp3) is 0.429. The quantitative estimate of drug-likeness (QED) is 0.299. The van der Waals surface area contributed by atoms with Gasteiger partial charge in [0.1, 0.15) is 0 Å². The molecular weight excluding hydrogens is 521 g/mol. The average Bonchev–Trinajstić information content (AvgIpc) is 3.64. The second-order valence-corrected chi connectivity index (χ2v) is 10.7.